The number of carbonyl (C=O) groups excluding carboxylic acids is 1. The maximum Gasteiger partial charge on any atom is 0.415 e. The summed E-state index contributed by atoms with van der Waals surface area (Å²) in [6, 6.07) is 1.81. The molecule has 23 heavy (non-hydrogen) atoms. The van der Waals surface area contributed by atoms with Gasteiger partial charge in [0, 0.05) is 11.9 Å². The lowest BCUT2D eigenvalue weighted by Gasteiger charge is -2.31. The molecule has 0 unspecified atom stereocenters. The number of anilines is 1. The van der Waals surface area contributed by atoms with Crippen molar-refractivity contribution in [2.45, 2.75) is 39.9 Å². The number of fused-ring (bicyclic) bond motifs is 3. The Balaban J connectivity index is 2.06. The molecule has 2 aromatic heterocycles. The quantitative estimate of drug-likeness (QED) is 0.872. The number of amides is 1. The Kier molecular flexibility index (Phi) is 3.68. The summed E-state index contributed by atoms with van der Waals surface area (Å²) in [6.07, 6.45) is 1.42. The zero-order valence-electron chi connectivity index (χ0n) is 13.8. The maximum atomic E-state index is 12.4. The van der Waals surface area contributed by atoms with Gasteiger partial charge in [-0.25, -0.2) is 9.78 Å². The van der Waals surface area contributed by atoms with Crippen LogP contribution in [0.4, 0.5) is 10.5 Å². The Bertz CT molecular complexity index is 761. The Hall–Kier alpha value is -2.28. The predicted octanol–water partition coefficient (Wildman–Crippen LogP) is 2.27. The SMILES string of the molecule is Cc1c(CO)nc2c3c(ccn12)N(C(=O)OC(C)(C)C)CCO3. The van der Waals surface area contributed by atoms with Crippen molar-refractivity contribution in [2.24, 2.45) is 0 Å². The summed E-state index contributed by atoms with van der Waals surface area (Å²) in [5.41, 5.74) is 2.11. The van der Waals surface area contributed by atoms with Gasteiger partial charge >= 0.3 is 6.09 Å². The fraction of sp³-hybridized carbons (Fsp3) is 0.500. The first-order chi connectivity index (χ1) is 10.8. The van der Waals surface area contributed by atoms with Gasteiger partial charge in [-0.15, -0.1) is 0 Å². The van der Waals surface area contributed by atoms with Crippen molar-refractivity contribution in [1.29, 1.82) is 0 Å². The molecule has 3 heterocycles. The molecule has 0 saturated heterocycles. The van der Waals surface area contributed by atoms with Crippen LogP contribution in [-0.4, -0.2) is 39.3 Å². The van der Waals surface area contributed by atoms with Crippen LogP contribution in [0.15, 0.2) is 12.3 Å². The van der Waals surface area contributed by atoms with Crippen LogP contribution < -0.4 is 9.64 Å². The van der Waals surface area contributed by atoms with Gasteiger partial charge in [0.1, 0.15) is 12.2 Å². The molecule has 1 aliphatic rings. The smallest absolute Gasteiger partial charge is 0.415 e. The Labute approximate surface area is 134 Å². The molecule has 2 aromatic rings. The average Bonchev–Trinajstić information content (AvgIpc) is 2.81. The van der Waals surface area contributed by atoms with Crippen molar-refractivity contribution in [2.75, 3.05) is 18.1 Å². The lowest BCUT2D eigenvalue weighted by Crippen LogP contribution is -2.41. The van der Waals surface area contributed by atoms with Gasteiger partial charge in [-0.1, -0.05) is 0 Å². The van der Waals surface area contributed by atoms with E-state index in [0.29, 0.717) is 35.9 Å². The Morgan fingerprint density at radius 2 is 2.22 bits per heavy atom. The molecule has 0 bridgehead atoms. The van der Waals surface area contributed by atoms with Crippen LogP contribution in [0.3, 0.4) is 0 Å². The van der Waals surface area contributed by atoms with E-state index in [1.165, 1.54) is 0 Å². The second-order valence-corrected chi connectivity index (χ2v) is 6.51. The van der Waals surface area contributed by atoms with E-state index in [4.69, 9.17) is 9.47 Å². The molecule has 0 spiro atoms. The van der Waals surface area contributed by atoms with Gasteiger partial charge in [0.15, 0.2) is 11.4 Å². The van der Waals surface area contributed by atoms with E-state index in [1.54, 1.807) is 11.0 Å². The second kappa shape index (κ2) is 5.42. The fourth-order valence-corrected chi connectivity index (χ4v) is 2.61. The molecule has 7 heteroatoms. The van der Waals surface area contributed by atoms with Crippen molar-refractivity contribution < 1.29 is 19.4 Å². The van der Waals surface area contributed by atoms with Crippen molar-refractivity contribution in [1.82, 2.24) is 9.38 Å². The van der Waals surface area contributed by atoms with Crippen LogP contribution in [-0.2, 0) is 11.3 Å². The topological polar surface area (TPSA) is 76.3 Å². The van der Waals surface area contributed by atoms with Gasteiger partial charge in [-0.3, -0.25) is 4.90 Å². The van der Waals surface area contributed by atoms with E-state index in [0.717, 1.165) is 5.69 Å². The summed E-state index contributed by atoms with van der Waals surface area (Å²) in [6.45, 7) is 8.03. The minimum Gasteiger partial charge on any atom is -0.486 e. The van der Waals surface area contributed by atoms with Crippen LogP contribution >= 0.6 is 0 Å². The first-order valence-electron chi connectivity index (χ1n) is 7.56. The summed E-state index contributed by atoms with van der Waals surface area (Å²) in [7, 11) is 0. The summed E-state index contributed by atoms with van der Waals surface area (Å²) in [4.78, 5) is 18.4. The first kappa shape index (κ1) is 15.6. The van der Waals surface area contributed by atoms with Gasteiger partial charge in [-0.05, 0) is 33.8 Å². The predicted molar refractivity (Wildman–Crippen MR) is 84.9 cm³/mol. The second-order valence-electron chi connectivity index (χ2n) is 6.51. The lowest BCUT2D eigenvalue weighted by molar-refractivity contribution is 0.0568. The zero-order valence-corrected chi connectivity index (χ0v) is 13.8. The maximum absolute atomic E-state index is 12.4. The van der Waals surface area contributed by atoms with Crippen molar-refractivity contribution >= 4 is 17.4 Å². The number of ether oxygens (including phenoxy) is 2. The highest BCUT2D eigenvalue weighted by Crippen LogP contribution is 2.36. The van der Waals surface area contributed by atoms with E-state index < -0.39 is 11.7 Å². The highest BCUT2D eigenvalue weighted by molar-refractivity contribution is 5.92. The van der Waals surface area contributed by atoms with Crippen LogP contribution in [0.2, 0.25) is 0 Å². The van der Waals surface area contributed by atoms with Gasteiger partial charge < -0.3 is 19.0 Å². The van der Waals surface area contributed by atoms with E-state index in [-0.39, 0.29) is 6.61 Å². The molecular formula is C16H21N3O4. The average molecular weight is 319 g/mol. The summed E-state index contributed by atoms with van der Waals surface area (Å²) < 4.78 is 13.1. The summed E-state index contributed by atoms with van der Waals surface area (Å²) in [5, 5.41) is 9.39. The van der Waals surface area contributed by atoms with Crippen LogP contribution in [0.5, 0.6) is 5.75 Å². The van der Waals surface area contributed by atoms with Crippen LogP contribution in [0, 0.1) is 6.92 Å². The van der Waals surface area contributed by atoms with Crippen molar-refractivity contribution in [3.8, 4) is 5.75 Å². The molecule has 0 fully saturated rings. The number of imidazole rings is 1. The number of nitrogens with zero attached hydrogens (tertiary/aromatic N) is 3. The third-order valence-corrected chi connectivity index (χ3v) is 3.68. The number of hydrogen-bond acceptors (Lipinski definition) is 5. The number of pyridine rings is 1. The summed E-state index contributed by atoms with van der Waals surface area (Å²) >= 11 is 0. The summed E-state index contributed by atoms with van der Waals surface area (Å²) in [5.74, 6) is 0.535. The van der Waals surface area contributed by atoms with Crippen LogP contribution in [0.1, 0.15) is 32.2 Å². The van der Waals surface area contributed by atoms with E-state index in [9.17, 15) is 9.90 Å². The Morgan fingerprint density at radius 3 is 2.87 bits per heavy atom. The molecule has 1 aliphatic heterocycles. The van der Waals surface area contributed by atoms with Crippen molar-refractivity contribution in [3.05, 3.63) is 23.7 Å². The number of aromatic nitrogens is 2. The standard InChI is InChI=1S/C16H21N3O4/c1-10-11(9-20)17-14-13-12(5-6-18(10)14)19(7-8-22-13)15(21)23-16(2,3)4/h5-6,20H,7-9H2,1-4H3. The van der Waals surface area contributed by atoms with E-state index in [2.05, 4.69) is 4.98 Å². The van der Waals surface area contributed by atoms with E-state index in [1.807, 2.05) is 38.3 Å². The first-order valence-corrected chi connectivity index (χ1v) is 7.56. The molecule has 0 saturated carbocycles. The lowest BCUT2D eigenvalue weighted by atomic mass is 10.2. The molecule has 7 nitrogen and oxygen atoms in total. The van der Waals surface area contributed by atoms with Gasteiger partial charge in [-0.2, -0.15) is 0 Å². The molecule has 1 amide bonds. The van der Waals surface area contributed by atoms with E-state index >= 15 is 0 Å². The minimum atomic E-state index is -0.562. The molecule has 0 atom stereocenters. The van der Waals surface area contributed by atoms with Gasteiger partial charge in [0.25, 0.3) is 0 Å². The number of aliphatic hydroxyl groups excluding tert-OH is 1. The van der Waals surface area contributed by atoms with Gasteiger partial charge in [0.05, 0.1) is 24.5 Å². The molecule has 1 N–H and O–H groups in total. The third-order valence-electron chi connectivity index (χ3n) is 3.68. The third kappa shape index (κ3) is 2.72. The number of rotatable bonds is 1. The largest absolute Gasteiger partial charge is 0.486 e. The molecule has 3 rings (SSSR count). The monoisotopic (exact) mass is 319 g/mol. The molecule has 0 radical (unpaired) electrons. The minimum absolute atomic E-state index is 0.141. The number of aliphatic hydroxyl groups is 1. The fourth-order valence-electron chi connectivity index (χ4n) is 2.61. The molecule has 0 aromatic carbocycles. The highest BCUT2D eigenvalue weighted by atomic mass is 16.6. The number of carbonyl (C=O) groups is 1. The highest BCUT2D eigenvalue weighted by Gasteiger charge is 2.30. The number of aryl methyl sites for hydroxylation is 1. The molecule has 0 aliphatic carbocycles. The van der Waals surface area contributed by atoms with Crippen molar-refractivity contribution in [3.63, 3.8) is 0 Å². The Morgan fingerprint density at radius 1 is 1.48 bits per heavy atom. The molecular weight excluding hydrogens is 298 g/mol. The molecule has 124 valence electrons. The normalized spacial score (nSPS) is 14.6. The van der Waals surface area contributed by atoms with Crippen LogP contribution in [0.25, 0.3) is 5.65 Å². The zero-order chi connectivity index (χ0) is 16.8. The number of hydrogen-bond donors (Lipinski definition) is 1. The van der Waals surface area contributed by atoms with Gasteiger partial charge in [0.2, 0.25) is 0 Å².